The molecule has 2 nitrogen and oxygen atoms in total. The van der Waals surface area contributed by atoms with Gasteiger partial charge in [0.2, 0.25) is 0 Å². The summed E-state index contributed by atoms with van der Waals surface area (Å²) >= 11 is 0. The lowest BCUT2D eigenvalue weighted by atomic mass is 9.88. The summed E-state index contributed by atoms with van der Waals surface area (Å²) < 4.78 is 18.0. The zero-order valence-corrected chi connectivity index (χ0v) is 10.5. The number of hydrogen-bond donors (Lipinski definition) is 1. The smallest absolute Gasteiger partial charge is 0.123 e. The summed E-state index contributed by atoms with van der Waals surface area (Å²) in [6.45, 7) is 7.07. The van der Waals surface area contributed by atoms with Crippen molar-refractivity contribution in [2.24, 2.45) is 5.41 Å². The van der Waals surface area contributed by atoms with Gasteiger partial charge in [-0.3, -0.25) is 0 Å². The first kappa shape index (κ1) is 12.5. The average molecular weight is 237 g/mol. The molecule has 17 heavy (non-hydrogen) atoms. The Kier molecular flexibility index (Phi) is 3.79. The fraction of sp³-hybridized carbons (Fsp3) is 0.571. The van der Waals surface area contributed by atoms with Gasteiger partial charge in [0, 0.05) is 18.0 Å². The Hall–Kier alpha value is -0.930. The van der Waals surface area contributed by atoms with Crippen LogP contribution in [0.4, 0.5) is 4.39 Å². The first-order chi connectivity index (χ1) is 8.07. The number of halogens is 1. The number of ether oxygens (including phenoxy) is 1. The van der Waals surface area contributed by atoms with Gasteiger partial charge in [0.25, 0.3) is 0 Å². The Bertz CT molecular complexity index is 359. The third-order valence-corrected chi connectivity index (χ3v) is 3.23. The highest BCUT2D eigenvalue weighted by Crippen LogP contribution is 2.25. The summed E-state index contributed by atoms with van der Waals surface area (Å²) in [7, 11) is 0. The highest BCUT2D eigenvalue weighted by molar-refractivity contribution is 5.17. The Morgan fingerprint density at radius 3 is 2.53 bits per heavy atom. The fourth-order valence-corrected chi connectivity index (χ4v) is 2.02. The molecule has 1 fully saturated rings. The van der Waals surface area contributed by atoms with Gasteiger partial charge >= 0.3 is 0 Å². The van der Waals surface area contributed by atoms with Crippen LogP contribution in [0.3, 0.4) is 0 Å². The second-order valence-electron chi connectivity index (χ2n) is 5.42. The van der Waals surface area contributed by atoms with Gasteiger partial charge in [-0.2, -0.15) is 0 Å². The lowest BCUT2D eigenvalue weighted by Crippen LogP contribution is -2.49. The van der Waals surface area contributed by atoms with Gasteiger partial charge in [0.05, 0.1) is 13.2 Å². The third kappa shape index (κ3) is 3.51. The van der Waals surface area contributed by atoms with E-state index < -0.39 is 0 Å². The van der Waals surface area contributed by atoms with E-state index in [0.717, 1.165) is 26.2 Å². The zero-order valence-electron chi connectivity index (χ0n) is 10.5. The van der Waals surface area contributed by atoms with E-state index in [1.807, 2.05) is 12.1 Å². The summed E-state index contributed by atoms with van der Waals surface area (Å²) in [4.78, 5) is 0. The second-order valence-corrected chi connectivity index (χ2v) is 5.42. The number of rotatable bonds is 5. The molecule has 0 bridgehead atoms. The summed E-state index contributed by atoms with van der Waals surface area (Å²) in [5.41, 5.74) is 1.47. The van der Waals surface area contributed by atoms with Gasteiger partial charge in [-0.05, 0) is 31.0 Å². The predicted octanol–water partition coefficient (Wildman–Crippen LogP) is 2.38. The van der Waals surface area contributed by atoms with Crippen LogP contribution in [0, 0.1) is 11.2 Å². The molecular weight excluding hydrogens is 217 g/mol. The van der Waals surface area contributed by atoms with Crippen molar-refractivity contribution in [3.63, 3.8) is 0 Å². The molecule has 1 atom stereocenters. The van der Waals surface area contributed by atoms with E-state index >= 15 is 0 Å². The third-order valence-electron chi connectivity index (χ3n) is 3.23. The van der Waals surface area contributed by atoms with Crippen LogP contribution in [0.1, 0.15) is 19.4 Å². The lowest BCUT2D eigenvalue weighted by Gasteiger charge is -2.39. The van der Waals surface area contributed by atoms with Gasteiger partial charge in [-0.15, -0.1) is 0 Å². The topological polar surface area (TPSA) is 21.3 Å². The number of hydrogen-bond acceptors (Lipinski definition) is 2. The van der Waals surface area contributed by atoms with Crippen molar-refractivity contribution in [1.82, 2.24) is 5.32 Å². The van der Waals surface area contributed by atoms with Crippen molar-refractivity contribution in [2.45, 2.75) is 26.3 Å². The van der Waals surface area contributed by atoms with Gasteiger partial charge in [-0.1, -0.05) is 19.1 Å². The average Bonchev–Trinajstić information content (AvgIpc) is 2.27. The van der Waals surface area contributed by atoms with Crippen molar-refractivity contribution >= 4 is 0 Å². The number of benzene rings is 1. The van der Waals surface area contributed by atoms with Crippen molar-refractivity contribution in [1.29, 1.82) is 0 Å². The van der Waals surface area contributed by atoms with E-state index in [9.17, 15) is 4.39 Å². The van der Waals surface area contributed by atoms with Crippen LogP contribution in [0.15, 0.2) is 24.3 Å². The number of nitrogens with one attached hydrogen (secondary N) is 1. The Labute approximate surface area is 102 Å². The first-order valence-corrected chi connectivity index (χ1v) is 6.13. The molecule has 1 aliphatic heterocycles. The zero-order chi connectivity index (χ0) is 12.3. The summed E-state index contributed by atoms with van der Waals surface area (Å²) in [5.74, 6) is -0.173. The molecular formula is C14H20FNO. The molecule has 1 saturated heterocycles. The SMILES string of the molecule is CC(Cc1ccc(F)cc1)NCC1(C)COC1. The highest BCUT2D eigenvalue weighted by atomic mass is 19.1. The van der Waals surface area contributed by atoms with Gasteiger partial charge in [0.15, 0.2) is 0 Å². The quantitative estimate of drug-likeness (QED) is 0.849. The Morgan fingerprint density at radius 2 is 2.00 bits per heavy atom. The monoisotopic (exact) mass is 237 g/mol. The molecule has 3 heteroatoms. The first-order valence-electron chi connectivity index (χ1n) is 6.13. The minimum Gasteiger partial charge on any atom is -0.380 e. The molecule has 0 radical (unpaired) electrons. The van der Waals surface area contributed by atoms with Gasteiger partial charge < -0.3 is 10.1 Å². The van der Waals surface area contributed by atoms with Crippen LogP contribution in [0.5, 0.6) is 0 Å². The maximum absolute atomic E-state index is 12.8. The second kappa shape index (κ2) is 5.15. The molecule has 1 unspecified atom stereocenters. The van der Waals surface area contributed by atoms with Gasteiger partial charge in [-0.25, -0.2) is 4.39 Å². The Morgan fingerprint density at radius 1 is 1.35 bits per heavy atom. The molecule has 0 aromatic heterocycles. The standard InChI is InChI=1S/C14H20FNO/c1-11(16-8-14(2)9-17-10-14)7-12-3-5-13(15)6-4-12/h3-6,11,16H,7-10H2,1-2H3. The van der Waals surface area contributed by atoms with Crippen LogP contribution in [0.2, 0.25) is 0 Å². The maximum Gasteiger partial charge on any atom is 0.123 e. The molecule has 0 saturated carbocycles. The highest BCUT2D eigenvalue weighted by Gasteiger charge is 2.33. The van der Waals surface area contributed by atoms with Gasteiger partial charge in [0.1, 0.15) is 5.82 Å². The maximum atomic E-state index is 12.8. The molecule has 94 valence electrons. The molecule has 1 heterocycles. The summed E-state index contributed by atoms with van der Waals surface area (Å²) in [6.07, 6.45) is 0.928. The van der Waals surface area contributed by atoms with E-state index in [1.165, 1.54) is 17.7 Å². The summed E-state index contributed by atoms with van der Waals surface area (Å²) in [6, 6.07) is 7.13. The van der Waals surface area contributed by atoms with Crippen LogP contribution in [-0.2, 0) is 11.2 Å². The molecule has 1 aromatic carbocycles. The molecule has 0 aliphatic carbocycles. The minimum atomic E-state index is -0.173. The minimum absolute atomic E-state index is 0.173. The van der Waals surface area contributed by atoms with Crippen LogP contribution in [-0.4, -0.2) is 25.8 Å². The van der Waals surface area contributed by atoms with Crippen molar-refractivity contribution < 1.29 is 9.13 Å². The van der Waals surface area contributed by atoms with Crippen LogP contribution >= 0.6 is 0 Å². The largest absolute Gasteiger partial charge is 0.380 e. The van der Waals surface area contributed by atoms with Crippen molar-refractivity contribution in [3.8, 4) is 0 Å². The van der Waals surface area contributed by atoms with E-state index in [1.54, 1.807) is 0 Å². The van der Waals surface area contributed by atoms with E-state index in [2.05, 4.69) is 19.2 Å². The normalized spacial score (nSPS) is 19.7. The van der Waals surface area contributed by atoms with Crippen LogP contribution in [0.25, 0.3) is 0 Å². The predicted molar refractivity (Wildman–Crippen MR) is 66.5 cm³/mol. The van der Waals surface area contributed by atoms with Crippen LogP contribution < -0.4 is 5.32 Å². The molecule has 1 aromatic rings. The molecule has 2 rings (SSSR count). The molecule has 1 N–H and O–H groups in total. The van der Waals surface area contributed by atoms with Crippen molar-refractivity contribution in [2.75, 3.05) is 19.8 Å². The lowest BCUT2D eigenvalue weighted by molar-refractivity contribution is -0.0998. The molecule has 0 spiro atoms. The summed E-state index contributed by atoms with van der Waals surface area (Å²) in [5, 5.41) is 3.51. The van der Waals surface area contributed by atoms with E-state index in [-0.39, 0.29) is 5.82 Å². The van der Waals surface area contributed by atoms with E-state index in [0.29, 0.717) is 11.5 Å². The molecule has 0 amide bonds. The fourth-order valence-electron chi connectivity index (χ4n) is 2.02. The Balaban J connectivity index is 1.76. The van der Waals surface area contributed by atoms with Crippen molar-refractivity contribution in [3.05, 3.63) is 35.6 Å². The van der Waals surface area contributed by atoms with E-state index in [4.69, 9.17) is 4.74 Å². The molecule has 1 aliphatic rings.